The third-order valence-corrected chi connectivity index (χ3v) is 5.88. The second-order valence-corrected chi connectivity index (χ2v) is 7.91. The molecular weight excluding hydrogens is 342 g/mol. The van der Waals surface area contributed by atoms with Crippen LogP contribution in [0.2, 0.25) is 0 Å². The minimum Gasteiger partial charge on any atom is -0.444 e. The van der Waals surface area contributed by atoms with Crippen molar-refractivity contribution in [1.82, 2.24) is 9.71 Å². The second kappa shape index (κ2) is 6.61. The first kappa shape index (κ1) is 17.6. The van der Waals surface area contributed by atoms with E-state index in [-0.39, 0.29) is 17.3 Å². The molecule has 1 aromatic carbocycles. The Kier molecular flexibility index (Phi) is 4.66. The number of oxazole rings is 1. The summed E-state index contributed by atoms with van der Waals surface area (Å²) in [7, 11) is -3.70. The number of amides is 1. The Labute approximate surface area is 147 Å². The van der Waals surface area contributed by atoms with Crippen molar-refractivity contribution in [1.29, 1.82) is 0 Å². The zero-order valence-electron chi connectivity index (χ0n) is 14.5. The highest BCUT2D eigenvalue weighted by atomic mass is 32.2. The van der Waals surface area contributed by atoms with Gasteiger partial charge < -0.3 is 9.32 Å². The SMILES string of the molecule is Cc1cc(N2CCCC2=O)ccc1S(=O)(=O)NCc1nc(C)c(C)o1. The van der Waals surface area contributed by atoms with Crippen LogP contribution in [0.1, 0.15) is 35.7 Å². The topological polar surface area (TPSA) is 92.5 Å². The van der Waals surface area contributed by atoms with Gasteiger partial charge in [-0.2, -0.15) is 0 Å². The molecule has 7 nitrogen and oxygen atoms in total. The van der Waals surface area contributed by atoms with Gasteiger partial charge in [-0.1, -0.05) is 0 Å². The van der Waals surface area contributed by atoms with Crippen LogP contribution in [0.15, 0.2) is 27.5 Å². The molecule has 1 amide bonds. The van der Waals surface area contributed by atoms with Crippen molar-refractivity contribution in [3.8, 4) is 0 Å². The number of carbonyl (C=O) groups is 1. The van der Waals surface area contributed by atoms with Crippen LogP contribution < -0.4 is 9.62 Å². The van der Waals surface area contributed by atoms with Crippen LogP contribution in [-0.4, -0.2) is 25.9 Å². The normalized spacial score (nSPS) is 15.2. The molecule has 0 saturated carbocycles. The van der Waals surface area contributed by atoms with Crippen molar-refractivity contribution in [2.24, 2.45) is 0 Å². The summed E-state index contributed by atoms with van der Waals surface area (Å²) in [5.74, 6) is 1.07. The van der Waals surface area contributed by atoms with Gasteiger partial charge in [-0.25, -0.2) is 18.1 Å². The van der Waals surface area contributed by atoms with E-state index in [2.05, 4.69) is 9.71 Å². The van der Waals surface area contributed by atoms with Gasteiger partial charge in [0.15, 0.2) is 0 Å². The van der Waals surface area contributed by atoms with Gasteiger partial charge in [0.1, 0.15) is 5.76 Å². The number of nitrogens with zero attached hydrogens (tertiary/aromatic N) is 2. The van der Waals surface area contributed by atoms with Gasteiger partial charge in [-0.15, -0.1) is 0 Å². The van der Waals surface area contributed by atoms with Crippen LogP contribution in [0.4, 0.5) is 5.69 Å². The van der Waals surface area contributed by atoms with E-state index in [4.69, 9.17) is 4.42 Å². The summed E-state index contributed by atoms with van der Waals surface area (Å²) in [6.45, 7) is 5.97. The molecule has 0 aliphatic carbocycles. The lowest BCUT2D eigenvalue weighted by Gasteiger charge is -2.17. The molecule has 1 aliphatic heterocycles. The number of hydrogen-bond acceptors (Lipinski definition) is 5. The number of benzene rings is 1. The second-order valence-electron chi connectivity index (χ2n) is 6.17. The molecule has 0 bridgehead atoms. The van der Waals surface area contributed by atoms with Crippen LogP contribution in [0.25, 0.3) is 0 Å². The first-order valence-corrected chi connectivity index (χ1v) is 9.60. The van der Waals surface area contributed by atoms with Gasteiger partial charge in [-0.05, 0) is 51.0 Å². The van der Waals surface area contributed by atoms with Gasteiger partial charge in [0.25, 0.3) is 0 Å². The molecule has 25 heavy (non-hydrogen) atoms. The van der Waals surface area contributed by atoms with Gasteiger partial charge >= 0.3 is 0 Å². The summed E-state index contributed by atoms with van der Waals surface area (Å²) in [4.78, 5) is 17.9. The molecule has 0 unspecified atom stereocenters. The number of anilines is 1. The van der Waals surface area contributed by atoms with Crippen LogP contribution in [0, 0.1) is 20.8 Å². The predicted molar refractivity (Wildman–Crippen MR) is 92.8 cm³/mol. The molecule has 1 aromatic heterocycles. The van der Waals surface area contributed by atoms with Gasteiger partial charge in [0.05, 0.1) is 17.1 Å². The quantitative estimate of drug-likeness (QED) is 0.879. The molecule has 0 spiro atoms. The Morgan fingerprint density at radius 2 is 2.04 bits per heavy atom. The summed E-state index contributed by atoms with van der Waals surface area (Å²) < 4.78 is 33.0. The van der Waals surface area contributed by atoms with Crippen LogP contribution in [0.5, 0.6) is 0 Å². The lowest BCUT2D eigenvalue weighted by atomic mass is 10.2. The zero-order chi connectivity index (χ0) is 18.2. The minimum absolute atomic E-state index is 0.0111. The summed E-state index contributed by atoms with van der Waals surface area (Å²) >= 11 is 0. The third kappa shape index (κ3) is 3.59. The van der Waals surface area contributed by atoms with Crippen molar-refractivity contribution in [3.05, 3.63) is 41.1 Å². The van der Waals surface area contributed by atoms with E-state index in [1.54, 1.807) is 37.8 Å². The van der Waals surface area contributed by atoms with Crippen molar-refractivity contribution >= 4 is 21.6 Å². The lowest BCUT2D eigenvalue weighted by Crippen LogP contribution is -2.26. The minimum atomic E-state index is -3.70. The Morgan fingerprint density at radius 1 is 1.28 bits per heavy atom. The third-order valence-electron chi connectivity index (χ3n) is 4.32. The number of hydrogen-bond donors (Lipinski definition) is 1. The Balaban J connectivity index is 1.78. The smallest absolute Gasteiger partial charge is 0.241 e. The Bertz CT molecular complexity index is 898. The van der Waals surface area contributed by atoms with Crippen LogP contribution in [0.3, 0.4) is 0 Å². The Morgan fingerprint density at radius 3 is 2.60 bits per heavy atom. The summed E-state index contributed by atoms with van der Waals surface area (Å²) in [6, 6.07) is 4.94. The van der Waals surface area contributed by atoms with E-state index in [1.165, 1.54) is 6.07 Å². The first-order valence-electron chi connectivity index (χ1n) is 8.11. The molecule has 2 heterocycles. The van der Waals surface area contributed by atoms with Crippen molar-refractivity contribution in [2.45, 2.75) is 45.1 Å². The number of carbonyl (C=O) groups excluding carboxylic acids is 1. The fourth-order valence-electron chi connectivity index (χ4n) is 2.87. The number of aromatic nitrogens is 1. The van der Waals surface area contributed by atoms with Crippen molar-refractivity contribution in [2.75, 3.05) is 11.4 Å². The first-order chi connectivity index (χ1) is 11.8. The maximum absolute atomic E-state index is 12.6. The standard InChI is InChI=1S/C17H21N3O4S/c1-11-9-14(20-8-4-5-17(20)21)6-7-15(11)25(22,23)18-10-16-19-12(2)13(3)24-16/h6-7,9,18H,4-5,8,10H2,1-3H3. The van der Waals surface area contributed by atoms with Gasteiger partial charge in [-0.3, -0.25) is 4.79 Å². The van der Waals surface area contributed by atoms with E-state index in [0.29, 0.717) is 30.2 Å². The molecule has 1 aliphatic rings. The van der Waals surface area contributed by atoms with Gasteiger partial charge in [0, 0.05) is 18.7 Å². The molecule has 1 N–H and O–H groups in total. The molecule has 134 valence electrons. The van der Waals surface area contributed by atoms with Gasteiger partial charge in [0.2, 0.25) is 21.8 Å². The largest absolute Gasteiger partial charge is 0.444 e. The fourth-order valence-corrected chi connectivity index (χ4v) is 4.07. The number of rotatable bonds is 5. The average molecular weight is 363 g/mol. The molecule has 1 fully saturated rings. The highest BCUT2D eigenvalue weighted by Gasteiger charge is 2.24. The average Bonchev–Trinajstić information content (AvgIpc) is 3.11. The van der Waals surface area contributed by atoms with E-state index in [9.17, 15) is 13.2 Å². The molecule has 0 radical (unpaired) electrons. The molecule has 3 rings (SSSR count). The molecule has 0 atom stereocenters. The number of aryl methyl sites for hydroxylation is 3. The van der Waals surface area contributed by atoms with E-state index < -0.39 is 10.0 Å². The fraction of sp³-hybridized carbons (Fsp3) is 0.412. The van der Waals surface area contributed by atoms with Crippen LogP contribution >= 0.6 is 0 Å². The molecule has 1 saturated heterocycles. The summed E-state index contributed by atoms with van der Waals surface area (Å²) in [6.07, 6.45) is 1.37. The summed E-state index contributed by atoms with van der Waals surface area (Å²) in [5, 5.41) is 0. The monoisotopic (exact) mass is 363 g/mol. The maximum atomic E-state index is 12.6. The lowest BCUT2D eigenvalue weighted by molar-refractivity contribution is -0.117. The highest BCUT2D eigenvalue weighted by Crippen LogP contribution is 2.26. The molecule has 8 heteroatoms. The zero-order valence-corrected chi connectivity index (χ0v) is 15.3. The number of sulfonamides is 1. The number of nitrogens with one attached hydrogen (secondary N) is 1. The van der Waals surface area contributed by atoms with Crippen molar-refractivity contribution < 1.29 is 17.6 Å². The van der Waals surface area contributed by atoms with Crippen LogP contribution in [-0.2, 0) is 21.4 Å². The predicted octanol–water partition coefficient (Wildman–Crippen LogP) is 2.21. The highest BCUT2D eigenvalue weighted by molar-refractivity contribution is 7.89. The molecular formula is C17H21N3O4S. The van der Waals surface area contributed by atoms with E-state index in [1.807, 2.05) is 0 Å². The maximum Gasteiger partial charge on any atom is 0.241 e. The van der Waals surface area contributed by atoms with Crippen molar-refractivity contribution in [3.63, 3.8) is 0 Å². The Hall–Kier alpha value is -2.19. The van der Waals surface area contributed by atoms with E-state index in [0.717, 1.165) is 17.8 Å². The molecule has 2 aromatic rings. The van der Waals surface area contributed by atoms with E-state index >= 15 is 0 Å². The summed E-state index contributed by atoms with van der Waals surface area (Å²) in [5.41, 5.74) is 2.06.